The molecule has 0 fully saturated rings. The molecular formula is C15H15N3OS. The lowest BCUT2D eigenvalue weighted by atomic mass is 10.2. The Morgan fingerprint density at radius 1 is 1.10 bits per heavy atom. The molecule has 102 valence electrons. The van der Waals surface area contributed by atoms with Crippen molar-refractivity contribution in [2.45, 2.75) is 18.7 Å². The highest BCUT2D eigenvalue weighted by Gasteiger charge is 2.09. The molecule has 0 radical (unpaired) electrons. The third-order valence-corrected chi connectivity index (χ3v) is 3.89. The second kappa shape index (κ2) is 5.17. The fourth-order valence-electron chi connectivity index (χ4n) is 2.05. The van der Waals surface area contributed by atoms with Crippen LogP contribution < -0.4 is 0 Å². The molecule has 1 heterocycles. The van der Waals surface area contributed by atoms with Crippen LogP contribution in [0.3, 0.4) is 0 Å². The SMILES string of the molecule is CCSc1ccc2nn(-c3cc(C)ccc3O)nc2c1. The summed E-state index contributed by atoms with van der Waals surface area (Å²) in [5.41, 5.74) is 3.32. The van der Waals surface area contributed by atoms with Crippen LogP contribution in [0.4, 0.5) is 0 Å². The van der Waals surface area contributed by atoms with E-state index in [-0.39, 0.29) is 5.75 Å². The van der Waals surface area contributed by atoms with Gasteiger partial charge < -0.3 is 5.11 Å². The van der Waals surface area contributed by atoms with E-state index >= 15 is 0 Å². The number of phenols is 1. The van der Waals surface area contributed by atoms with Crippen LogP contribution in [0.5, 0.6) is 5.75 Å². The van der Waals surface area contributed by atoms with Crippen molar-refractivity contribution >= 4 is 22.8 Å². The summed E-state index contributed by atoms with van der Waals surface area (Å²) in [7, 11) is 0. The summed E-state index contributed by atoms with van der Waals surface area (Å²) in [5.74, 6) is 1.21. The molecule has 0 amide bonds. The molecule has 0 unspecified atom stereocenters. The predicted molar refractivity (Wildman–Crippen MR) is 81.7 cm³/mol. The first kappa shape index (κ1) is 13.0. The molecule has 0 saturated carbocycles. The molecule has 0 aliphatic rings. The van der Waals surface area contributed by atoms with Crippen molar-refractivity contribution in [3.8, 4) is 11.4 Å². The van der Waals surface area contributed by atoms with Gasteiger partial charge in [-0.15, -0.1) is 26.8 Å². The van der Waals surface area contributed by atoms with Crippen LogP contribution in [0.25, 0.3) is 16.7 Å². The monoisotopic (exact) mass is 285 g/mol. The predicted octanol–water partition coefficient (Wildman–Crippen LogP) is 3.55. The highest BCUT2D eigenvalue weighted by atomic mass is 32.2. The number of phenolic OH excluding ortho intramolecular Hbond substituents is 1. The molecule has 1 aromatic heterocycles. The van der Waals surface area contributed by atoms with Crippen LogP contribution in [-0.2, 0) is 0 Å². The fraction of sp³-hybridized carbons (Fsp3) is 0.200. The van der Waals surface area contributed by atoms with E-state index in [2.05, 4.69) is 17.1 Å². The Morgan fingerprint density at radius 3 is 2.70 bits per heavy atom. The van der Waals surface area contributed by atoms with Crippen molar-refractivity contribution in [1.82, 2.24) is 15.0 Å². The average Bonchev–Trinajstić information content (AvgIpc) is 2.85. The number of fused-ring (bicyclic) bond motifs is 1. The lowest BCUT2D eigenvalue weighted by Crippen LogP contribution is -1.99. The van der Waals surface area contributed by atoms with E-state index in [1.54, 1.807) is 17.8 Å². The Balaban J connectivity index is 2.10. The maximum Gasteiger partial charge on any atom is 0.143 e. The Labute approximate surface area is 121 Å². The summed E-state index contributed by atoms with van der Waals surface area (Å²) in [6, 6.07) is 11.4. The van der Waals surface area contributed by atoms with E-state index in [9.17, 15) is 5.11 Å². The lowest BCUT2D eigenvalue weighted by Gasteiger charge is -2.03. The molecule has 5 heteroatoms. The van der Waals surface area contributed by atoms with Crippen molar-refractivity contribution in [2.24, 2.45) is 0 Å². The first-order chi connectivity index (χ1) is 9.67. The number of rotatable bonds is 3. The Kier molecular flexibility index (Phi) is 3.36. The minimum absolute atomic E-state index is 0.180. The van der Waals surface area contributed by atoms with Crippen molar-refractivity contribution in [3.05, 3.63) is 42.0 Å². The van der Waals surface area contributed by atoms with Gasteiger partial charge >= 0.3 is 0 Å². The minimum Gasteiger partial charge on any atom is -0.506 e. The molecule has 0 bridgehead atoms. The topological polar surface area (TPSA) is 50.9 Å². The molecule has 2 aromatic carbocycles. The van der Waals surface area contributed by atoms with Gasteiger partial charge in [0.15, 0.2) is 0 Å². The number of aromatic nitrogens is 3. The molecule has 3 rings (SSSR count). The van der Waals surface area contributed by atoms with Crippen molar-refractivity contribution in [3.63, 3.8) is 0 Å². The van der Waals surface area contributed by atoms with Gasteiger partial charge in [0.25, 0.3) is 0 Å². The summed E-state index contributed by atoms with van der Waals surface area (Å²) < 4.78 is 0. The summed E-state index contributed by atoms with van der Waals surface area (Å²) in [6.45, 7) is 4.10. The second-order valence-electron chi connectivity index (χ2n) is 4.57. The van der Waals surface area contributed by atoms with Gasteiger partial charge in [-0.05, 0) is 48.6 Å². The molecule has 0 aliphatic carbocycles. The number of benzene rings is 2. The highest BCUT2D eigenvalue weighted by molar-refractivity contribution is 7.99. The molecule has 4 nitrogen and oxygen atoms in total. The zero-order valence-electron chi connectivity index (χ0n) is 11.4. The van der Waals surface area contributed by atoms with E-state index in [1.807, 2.05) is 37.3 Å². The van der Waals surface area contributed by atoms with Gasteiger partial charge in [0.1, 0.15) is 22.5 Å². The van der Waals surface area contributed by atoms with Crippen LogP contribution in [0.1, 0.15) is 12.5 Å². The normalized spacial score (nSPS) is 11.1. The van der Waals surface area contributed by atoms with E-state index in [1.165, 1.54) is 9.69 Å². The first-order valence-electron chi connectivity index (χ1n) is 6.47. The molecule has 3 aromatic rings. The summed E-state index contributed by atoms with van der Waals surface area (Å²) >= 11 is 1.77. The van der Waals surface area contributed by atoms with Gasteiger partial charge in [0.05, 0.1) is 0 Å². The van der Waals surface area contributed by atoms with Crippen LogP contribution in [-0.4, -0.2) is 25.9 Å². The van der Waals surface area contributed by atoms with Crippen molar-refractivity contribution in [2.75, 3.05) is 5.75 Å². The smallest absolute Gasteiger partial charge is 0.143 e. The standard InChI is InChI=1S/C15H15N3OS/c1-3-20-11-5-6-12-13(9-11)17-18(16-12)14-8-10(2)4-7-15(14)19/h4-9,19H,3H2,1-2H3. The van der Waals surface area contributed by atoms with Crippen molar-refractivity contribution < 1.29 is 5.11 Å². The maximum absolute atomic E-state index is 9.95. The Hall–Kier alpha value is -2.01. The molecule has 20 heavy (non-hydrogen) atoms. The third-order valence-electron chi connectivity index (χ3n) is 3.01. The lowest BCUT2D eigenvalue weighted by molar-refractivity contribution is 0.467. The van der Waals surface area contributed by atoms with Crippen molar-refractivity contribution in [1.29, 1.82) is 0 Å². The number of nitrogens with zero attached hydrogens (tertiary/aromatic N) is 3. The molecule has 0 spiro atoms. The Morgan fingerprint density at radius 2 is 1.90 bits per heavy atom. The van der Waals surface area contributed by atoms with Crippen LogP contribution in [0, 0.1) is 6.92 Å². The molecule has 0 saturated heterocycles. The number of hydrogen-bond acceptors (Lipinski definition) is 4. The van der Waals surface area contributed by atoms with Gasteiger partial charge in [-0.1, -0.05) is 13.0 Å². The highest BCUT2D eigenvalue weighted by Crippen LogP contribution is 2.25. The Bertz CT molecular complexity index is 767. The second-order valence-corrected chi connectivity index (χ2v) is 5.90. The number of thioether (sulfide) groups is 1. The van der Waals surface area contributed by atoms with Gasteiger partial charge in [0, 0.05) is 4.90 Å². The van der Waals surface area contributed by atoms with Crippen LogP contribution in [0.2, 0.25) is 0 Å². The number of aromatic hydroxyl groups is 1. The zero-order chi connectivity index (χ0) is 14.1. The number of aryl methyl sites for hydroxylation is 1. The van der Waals surface area contributed by atoms with E-state index in [0.717, 1.165) is 22.3 Å². The van der Waals surface area contributed by atoms with E-state index in [4.69, 9.17) is 0 Å². The third kappa shape index (κ3) is 2.36. The van der Waals surface area contributed by atoms with Gasteiger partial charge in [0.2, 0.25) is 0 Å². The fourth-order valence-corrected chi connectivity index (χ4v) is 2.74. The summed E-state index contributed by atoms with van der Waals surface area (Å²) in [5, 5.41) is 18.8. The maximum atomic E-state index is 9.95. The molecular weight excluding hydrogens is 270 g/mol. The number of hydrogen-bond donors (Lipinski definition) is 1. The van der Waals surface area contributed by atoms with Gasteiger partial charge in [-0.25, -0.2) is 0 Å². The molecule has 0 aliphatic heterocycles. The first-order valence-corrected chi connectivity index (χ1v) is 7.46. The average molecular weight is 285 g/mol. The quantitative estimate of drug-likeness (QED) is 0.748. The van der Waals surface area contributed by atoms with Gasteiger partial charge in [-0.3, -0.25) is 0 Å². The zero-order valence-corrected chi connectivity index (χ0v) is 12.2. The van der Waals surface area contributed by atoms with Crippen LogP contribution >= 0.6 is 11.8 Å². The summed E-state index contributed by atoms with van der Waals surface area (Å²) in [6.07, 6.45) is 0. The minimum atomic E-state index is 0.180. The largest absolute Gasteiger partial charge is 0.506 e. The van der Waals surface area contributed by atoms with E-state index in [0.29, 0.717) is 5.69 Å². The molecule has 0 atom stereocenters. The van der Waals surface area contributed by atoms with E-state index < -0.39 is 0 Å². The summed E-state index contributed by atoms with van der Waals surface area (Å²) in [4.78, 5) is 2.67. The van der Waals surface area contributed by atoms with Gasteiger partial charge in [-0.2, -0.15) is 0 Å². The molecule has 1 N–H and O–H groups in total. The van der Waals surface area contributed by atoms with Crippen LogP contribution in [0.15, 0.2) is 41.3 Å².